The van der Waals surface area contributed by atoms with Crippen molar-refractivity contribution in [1.82, 2.24) is 41.2 Å². The molecule has 0 saturated carbocycles. The third-order valence-corrected chi connectivity index (χ3v) is 34.8. The second-order valence-corrected chi connectivity index (χ2v) is 44.1. The van der Waals surface area contributed by atoms with E-state index >= 15 is 0 Å². The molecule has 4 saturated heterocycles. The maximum atomic E-state index is 10.9. The molecule has 12 atom stereocenters. The molecule has 8 bridgehead atoms. The summed E-state index contributed by atoms with van der Waals surface area (Å²) >= 11 is 7.63. The third kappa shape index (κ3) is 23.4. The number of nitrogens with zero attached hydrogens (tertiary/aromatic N) is 14. The number of benzene rings is 4. The highest BCUT2D eigenvalue weighted by Gasteiger charge is 2.45. The van der Waals surface area contributed by atoms with Crippen LogP contribution in [0.4, 0.5) is 0 Å². The van der Waals surface area contributed by atoms with Crippen LogP contribution < -0.4 is 39.5 Å². The first kappa shape index (κ1) is 96.6. The summed E-state index contributed by atoms with van der Waals surface area (Å²) in [7, 11) is 0. The summed E-state index contributed by atoms with van der Waals surface area (Å²) in [5.41, 5.74) is 22.6. The topological polar surface area (TPSA) is 382 Å². The van der Waals surface area contributed by atoms with Crippen LogP contribution in [0.15, 0.2) is 259 Å². The zero-order valence-electron chi connectivity index (χ0n) is 80.3. The van der Waals surface area contributed by atoms with E-state index in [-0.39, 0.29) is 96.0 Å². The van der Waals surface area contributed by atoms with Crippen LogP contribution in [0.3, 0.4) is 0 Å². The quantitative estimate of drug-likeness (QED) is 0.00734. The summed E-state index contributed by atoms with van der Waals surface area (Å²) in [4.78, 5) is 55.1. The SMILES string of the molecule is OC(CCCC[C@@H]1SC[C@@H]2N=C(O)N[C@@H]21)=NCc1cc[n+](Cc2ccc(-c3c4nc(c(-c5ccc(C[n+]6ccc(CN=C(O)CCCC[C@@H]7SC[C@@H]8N=C(O)N[C@@H]87)cc6)cc5)c5ccc([nH]5)c(-c5ccc(C[n+]6ccc(CN=C(O)CCCC[C@@H]7SC[C@@H]8N=C(O)N[C@@H]87)cc6)cc5)c5nc(c(-c6ccc(C[n+]7ccc(CN=C(O)CCCC[C@@H]8SC[C@@H]9N=C(O)N[C@@H]98)cc7)cc6)c6ccc3[nH]6)C=C5)C=C4)cc2)cc1. The summed E-state index contributed by atoms with van der Waals surface area (Å²) in [6.45, 7) is 4.00. The van der Waals surface area contributed by atoms with Crippen LogP contribution in [0, 0.1) is 0 Å². The number of aromatic amines is 2. The van der Waals surface area contributed by atoms with E-state index in [2.05, 4.69) is 333 Å². The summed E-state index contributed by atoms with van der Waals surface area (Å²) in [5, 5.41) is 97.3. The van der Waals surface area contributed by atoms with Gasteiger partial charge in [-0.3, -0.25) is 20.0 Å². The monoisotopic (exact) mass is 2000 g/mol. The first-order chi connectivity index (χ1) is 70.5. The van der Waals surface area contributed by atoms with Gasteiger partial charge in [-0.2, -0.15) is 47.0 Å². The summed E-state index contributed by atoms with van der Waals surface area (Å²) < 4.78 is 8.63. The number of aliphatic hydroxyl groups excluding tert-OH is 8. The lowest BCUT2D eigenvalue weighted by molar-refractivity contribution is -0.688. The number of nitrogens with one attached hydrogen (secondary N) is 6. The molecule has 0 spiro atoms. The summed E-state index contributed by atoms with van der Waals surface area (Å²) in [6, 6.07) is 61.8. The van der Waals surface area contributed by atoms with E-state index in [4.69, 9.17) is 9.97 Å². The van der Waals surface area contributed by atoms with Crippen molar-refractivity contribution in [2.24, 2.45) is 39.9 Å². The van der Waals surface area contributed by atoms with E-state index in [9.17, 15) is 40.9 Å². The van der Waals surface area contributed by atoms with Crippen LogP contribution in [0.25, 0.3) is 90.9 Å². The molecule has 4 aromatic carbocycles. The number of aliphatic imine (C=N–C) groups is 8. The highest BCUT2D eigenvalue weighted by atomic mass is 32.2. The Kier molecular flexibility index (Phi) is 30.0. The minimum Gasteiger partial charge on any atom is -0.497 e. The molecule has 17 heterocycles. The van der Waals surface area contributed by atoms with Gasteiger partial charge in [-0.15, -0.1) is 0 Å². The number of fused-ring (bicyclic) bond motifs is 12. The van der Waals surface area contributed by atoms with Crippen molar-refractivity contribution in [3.05, 3.63) is 287 Å². The van der Waals surface area contributed by atoms with Gasteiger partial charge in [-0.05, 0) is 144 Å². The molecule has 0 amide bonds. The second kappa shape index (κ2) is 44.8. The normalized spacial score (nSPS) is 21.9. The van der Waals surface area contributed by atoms with Crippen LogP contribution >= 0.6 is 47.0 Å². The molecule has 0 unspecified atom stereocenters. The number of aliphatic hydroxyl groups is 8. The van der Waals surface area contributed by atoms with Gasteiger partial charge in [-0.1, -0.05) is 123 Å². The van der Waals surface area contributed by atoms with E-state index in [1.54, 1.807) is 0 Å². The zero-order valence-corrected chi connectivity index (χ0v) is 83.6. The van der Waals surface area contributed by atoms with Crippen molar-refractivity contribution in [2.45, 2.75) is 224 Å². The Morgan fingerprint density at radius 1 is 0.278 bits per heavy atom. The number of aromatic nitrogens is 8. The fourth-order valence-electron chi connectivity index (χ4n) is 21.1. The Labute approximate surface area is 854 Å². The summed E-state index contributed by atoms with van der Waals surface area (Å²) in [6.07, 6.45) is 38.4. The molecule has 10 aliphatic rings. The first-order valence-electron chi connectivity index (χ1n) is 50.4. The van der Waals surface area contributed by atoms with Gasteiger partial charge in [0.25, 0.3) is 24.1 Å². The summed E-state index contributed by atoms with van der Waals surface area (Å²) in [5.74, 6) is 4.32. The number of hydrogen-bond acceptors (Lipinski definition) is 18. The zero-order chi connectivity index (χ0) is 97.9. The van der Waals surface area contributed by atoms with Crippen molar-refractivity contribution in [2.75, 3.05) is 23.0 Å². The number of hydrogen-bond donors (Lipinski definition) is 14. The molecule has 11 aromatic rings. The predicted molar refractivity (Wildman–Crippen MR) is 581 cm³/mol. The van der Waals surface area contributed by atoms with E-state index < -0.39 is 0 Å². The van der Waals surface area contributed by atoms with Gasteiger partial charge in [-0.25, -0.2) is 48.2 Å². The van der Waals surface area contributed by atoms with E-state index in [0.717, 1.165) is 234 Å². The molecular weight excluding hydrogens is 1880 g/mol. The molecule has 0 aliphatic carbocycles. The number of rotatable bonds is 40. The maximum absolute atomic E-state index is 10.9. The molecule has 0 radical (unpaired) electrons. The highest BCUT2D eigenvalue weighted by Crippen LogP contribution is 2.43. The smallest absolute Gasteiger partial charge is 0.282 e. The van der Waals surface area contributed by atoms with E-state index in [0.29, 0.717) is 99.0 Å². The van der Waals surface area contributed by atoms with Gasteiger partial charge in [0.05, 0.1) is 97.3 Å². The first-order valence-corrected chi connectivity index (χ1v) is 54.6. The van der Waals surface area contributed by atoms with Gasteiger partial charge in [0.2, 0.25) is 0 Å². The molecule has 144 heavy (non-hydrogen) atoms. The molecule has 738 valence electrons. The maximum Gasteiger partial charge on any atom is 0.282 e. The lowest BCUT2D eigenvalue weighted by Gasteiger charge is -2.17. The van der Waals surface area contributed by atoms with E-state index in [1.165, 1.54) is 0 Å². The Bertz CT molecular complexity index is 6160. The molecule has 28 nitrogen and oxygen atoms in total. The average Bonchev–Trinajstić information content (AvgIpc) is 1.61. The number of pyridine rings is 4. The Hall–Kier alpha value is -13.6. The van der Waals surface area contributed by atoms with Gasteiger partial charge in [0.1, 0.15) is 0 Å². The Morgan fingerprint density at radius 2 is 0.493 bits per heavy atom. The van der Waals surface area contributed by atoms with Crippen molar-refractivity contribution < 1.29 is 59.1 Å². The Balaban J connectivity index is 0.569. The van der Waals surface area contributed by atoms with Crippen molar-refractivity contribution in [3.8, 4) is 44.5 Å². The van der Waals surface area contributed by atoms with Gasteiger partial charge < -0.3 is 72.1 Å². The molecule has 32 heteroatoms. The largest absolute Gasteiger partial charge is 0.497 e. The minimum absolute atomic E-state index is 0.0530. The highest BCUT2D eigenvalue weighted by molar-refractivity contribution is 8.01. The van der Waals surface area contributed by atoms with Gasteiger partial charge in [0, 0.05) is 185 Å². The van der Waals surface area contributed by atoms with Crippen molar-refractivity contribution in [3.63, 3.8) is 0 Å². The molecule has 21 rings (SSSR count). The third-order valence-electron chi connectivity index (χ3n) is 28.9. The number of amidine groups is 4. The molecular formula is C112H122N20O8S4+4. The number of unbranched alkanes of at least 4 members (excludes halogenated alkanes) is 4. The molecule has 14 N–H and O–H groups in total. The standard InChI is InChI=1S/C112H118N20O8S4/c133-97(13-5-1-9-93-105-89(65-141-93)121-109(137)125-105)113-57-69-41-49-129(50-42-69)61-73-17-25-77(26-18-73)101-81-33-35-83(117-81)102(78-27-19-74(20-28-78)62-130-51-43-70(44-52-130)58-114-98(134)14-6-2-10-94-106-90(66-142-94)122-110(138)126-106)85-37-39-87(119-85)104(80-31-23-76(24-32-80)64-132-55-47-72(48-56-132)60-116-100(136)16-8-4-12-96-108-92(68-144-96)124-112(140)128-108)88-40-38-86(120-88)103(84-36-34-82(101)118-84)79-29-21-75(22-30-79)63-131-53-45-71(46-54-131)59-115-99(135)15-7-3-11-95-107-91(67-143-95)123-111(139)127-107/h17-56,89-96,105-108H,1-16,57-68H2,(H10-4,113,114,115,116,117,118,119,120,121,122,123,124,125,126,127,128,133,134,135,136,137,138,139,140)/p+4/t89-,90-,91-,92-,93-,94-,95-,96-,105-,106-,107-,108-/m0/s1. The van der Waals surface area contributed by atoms with Crippen LogP contribution in [0.1, 0.15) is 170 Å². The molecule has 10 aliphatic heterocycles. The van der Waals surface area contributed by atoms with E-state index in [1.807, 2.05) is 47.0 Å². The number of H-pyrrole nitrogens is 2. The van der Waals surface area contributed by atoms with Crippen molar-refractivity contribution in [1.29, 1.82) is 0 Å². The van der Waals surface area contributed by atoms with Gasteiger partial charge in [0.15, 0.2) is 99.3 Å². The van der Waals surface area contributed by atoms with Crippen LogP contribution in [-0.4, -0.2) is 201 Å². The second-order valence-electron chi connectivity index (χ2n) is 39.0. The van der Waals surface area contributed by atoms with Gasteiger partial charge >= 0.3 is 0 Å². The average molecular weight is 2000 g/mol. The lowest BCUT2D eigenvalue weighted by Crippen LogP contribution is -2.38. The van der Waals surface area contributed by atoms with Crippen LogP contribution in [-0.2, 0) is 52.4 Å². The Morgan fingerprint density at radius 3 is 0.708 bits per heavy atom. The predicted octanol–water partition coefficient (Wildman–Crippen LogP) is 18.2. The van der Waals surface area contributed by atoms with Crippen LogP contribution in [0.2, 0.25) is 0 Å². The van der Waals surface area contributed by atoms with Crippen LogP contribution in [0.5, 0.6) is 0 Å². The fourth-order valence-corrected chi connectivity index (χ4v) is 27.2. The minimum atomic E-state index is 0.0530. The fraction of sp³-hybridized carbons (Fsp3) is 0.357. The lowest BCUT2D eigenvalue weighted by atomic mass is 10.0. The molecule has 4 fully saturated rings. The van der Waals surface area contributed by atoms with Crippen molar-refractivity contribution >= 4 is 141 Å². The number of thioether (sulfide) groups is 4. The molecule has 7 aromatic heterocycles.